The van der Waals surface area contributed by atoms with Crippen LogP contribution < -0.4 is 11.3 Å². The zero-order chi connectivity index (χ0) is 12.0. The van der Waals surface area contributed by atoms with Gasteiger partial charge in [-0.3, -0.25) is 11.3 Å². The van der Waals surface area contributed by atoms with Crippen molar-refractivity contribution < 1.29 is 0 Å². The van der Waals surface area contributed by atoms with Crippen LogP contribution >= 0.6 is 31.9 Å². The van der Waals surface area contributed by atoms with Gasteiger partial charge in [-0.15, -0.1) is 11.8 Å². The molecule has 0 fully saturated rings. The van der Waals surface area contributed by atoms with Crippen molar-refractivity contribution in [3.05, 3.63) is 32.7 Å². The number of hydrogen-bond acceptors (Lipinski definition) is 2. The third-order valence-corrected chi connectivity index (χ3v) is 3.48. The minimum atomic E-state index is 0.118. The van der Waals surface area contributed by atoms with Crippen LogP contribution in [0.3, 0.4) is 0 Å². The first kappa shape index (κ1) is 13.7. The number of nitrogens with one attached hydrogen (secondary N) is 1. The van der Waals surface area contributed by atoms with Crippen LogP contribution in [-0.4, -0.2) is 0 Å². The lowest BCUT2D eigenvalue weighted by Gasteiger charge is -2.17. The van der Waals surface area contributed by atoms with Gasteiger partial charge in [-0.05, 0) is 37.1 Å². The second-order valence-corrected chi connectivity index (χ2v) is 5.12. The SMILES string of the molecule is CC#CCCC(NN)c1cc(Br)ccc1Br. The highest BCUT2D eigenvalue weighted by atomic mass is 79.9. The first-order valence-corrected chi connectivity index (χ1v) is 6.58. The topological polar surface area (TPSA) is 38.0 Å². The quantitative estimate of drug-likeness (QED) is 0.497. The van der Waals surface area contributed by atoms with Crippen LogP contribution in [0, 0.1) is 11.8 Å². The Morgan fingerprint density at radius 2 is 2.19 bits per heavy atom. The van der Waals surface area contributed by atoms with Gasteiger partial charge in [-0.2, -0.15) is 0 Å². The maximum Gasteiger partial charge on any atom is 0.0480 e. The van der Waals surface area contributed by atoms with Gasteiger partial charge < -0.3 is 0 Å². The average Bonchev–Trinajstić information content (AvgIpc) is 2.28. The minimum absolute atomic E-state index is 0.118. The molecule has 1 rings (SSSR count). The van der Waals surface area contributed by atoms with Crippen LogP contribution in [0.1, 0.15) is 31.4 Å². The highest BCUT2D eigenvalue weighted by Gasteiger charge is 2.12. The standard InChI is InChI=1S/C12H14Br2N2/c1-2-3-4-5-12(16-15)10-8-9(13)6-7-11(10)14/h6-8,12,16H,4-5,15H2,1H3. The fourth-order valence-electron chi connectivity index (χ4n) is 1.45. The van der Waals surface area contributed by atoms with Gasteiger partial charge >= 0.3 is 0 Å². The molecular weight excluding hydrogens is 332 g/mol. The van der Waals surface area contributed by atoms with E-state index >= 15 is 0 Å². The third-order valence-electron chi connectivity index (χ3n) is 2.27. The molecule has 1 atom stereocenters. The molecule has 1 unspecified atom stereocenters. The molecule has 16 heavy (non-hydrogen) atoms. The molecule has 0 aliphatic rings. The molecule has 1 aromatic carbocycles. The third kappa shape index (κ3) is 3.91. The van der Waals surface area contributed by atoms with Crippen molar-refractivity contribution in [3.63, 3.8) is 0 Å². The molecule has 0 aliphatic heterocycles. The van der Waals surface area contributed by atoms with Gasteiger partial charge in [-0.25, -0.2) is 0 Å². The summed E-state index contributed by atoms with van der Waals surface area (Å²) in [7, 11) is 0. The first-order valence-electron chi connectivity index (χ1n) is 4.99. The van der Waals surface area contributed by atoms with Gasteiger partial charge in [-0.1, -0.05) is 31.9 Å². The summed E-state index contributed by atoms with van der Waals surface area (Å²) in [6.45, 7) is 1.85. The van der Waals surface area contributed by atoms with Crippen LogP contribution in [0.4, 0.5) is 0 Å². The highest BCUT2D eigenvalue weighted by Crippen LogP contribution is 2.28. The van der Waals surface area contributed by atoms with E-state index in [0.717, 1.165) is 27.4 Å². The summed E-state index contributed by atoms with van der Waals surface area (Å²) in [4.78, 5) is 0. The second kappa shape index (κ2) is 7.08. The number of benzene rings is 1. The summed E-state index contributed by atoms with van der Waals surface area (Å²) >= 11 is 6.99. The highest BCUT2D eigenvalue weighted by molar-refractivity contribution is 9.11. The predicted octanol–water partition coefficient (Wildman–Crippen LogP) is 3.52. The van der Waals surface area contributed by atoms with Gasteiger partial charge in [0.15, 0.2) is 0 Å². The van der Waals surface area contributed by atoms with Crippen LogP contribution in [0.2, 0.25) is 0 Å². The number of rotatable bonds is 4. The van der Waals surface area contributed by atoms with E-state index in [4.69, 9.17) is 5.84 Å². The minimum Gasteiger partial charge on any atom is -0.271 e. The van der Waals surface area contributed by atoms with Crippen LogP contribution in [-0.2, 0) is 0 Å². The van der Waals surface area contributed by atoms with Gasteiger partial charge in [0, 0.05) is 21.4 Å². The van der Waals surface area contributed by atoms with E-state index in [1.807, 2.05) is 19.1 Å². The zero-order valence-corrected chi connectivity index (χ0v) is 12.2. The normalized spacial score (nSPS) is 11.8. The van der Waals surface area contributed by atoms with Crippen molar-refractivity contribution in [2.75, 3.05) is 0 Å². The summed E-state index contributed by atoms with van der Waals surface area (Å²) in [5, 5.41) is 0. The van der Waals surface area contributed by atoms with E-state index in [0.29, 0.717) is 0 Å². The fraction of sp³-hybridized carbons (Fsp3) is 0.333. The Labute approximate surface area is 113 Å². The van der Waals surface area contributed by atoms with E-state index in [9.17, 15) is 0 Å². The molecule has 0 saturated heterocycles. The monoisotopic (exact) mass is 344 g/mol. The summed E-state index contributed by atoms with van der Waals surface area (Å²) in [5.41, 5.74) is 3.97. The molecule has 1 aromatic rings. The number of hydrogen-bond donors (Lipinski definition) is 2. The maximum absolute atomic E-state index is 5.57. The molecule has 0 bridgehead atoms. The van der Waals surface area contributed by atoms with Crippen molar-refractivity contribution in [2.24, 2.45) is 5.84 Å². The maximum atomic E-state index is 5.57. The Kier molecular flexibility index (Phi) is 6.07. The molecule has 0 aliphatic carbocycles. The molecule has 0 aromatic heterocycles. The zero-order valence-electron chi connectivity index (χ0n) is 9.06. The molecule has 0 heterocycles. The molecule has 2 nitrogen and oxygen atoms in total. The predicted molar refractivity (Wildman–Crippen MR) is 74.6 cm³/mol. The number of halogens is 2. The lowest BCUT2D eigenvalue weighted by Crippen LogP contribution is -2.28. The number of nitrogens with two attached hydrogens (primary N) is 1. The van der Waals surface area contributed by atoms with Crippen LogP contribution in [0.25, 0.3) is 0 Å². The molecule has 0 amide bonds. The first-order chi connectivity index (χ1) is 7.69. The molecule has 0 spiro atoms. The van der Waals surface area contributed by atoms with Gasteiger partial charge in [0.1, 0.15) is 0 Å². The van der Waals surface area contributed by atoms with E-state index in [1.54, 1.807) is 0 Å². The van der Waals surface area contributed by atoms with Crippen LogP contribution in [0.5, 0.6) is 0 Å². The fourth-order valence-corrected chi connectivity index (χ4v) is 2.35. The largest absolute Gasteiger partial charge is 0.271 e. The second-order valence-electron chi connectivity index (χ2n) is 3.35. The Hall–Kier alpha value is -0.340. The summed E-state index contributed by atoms with van der Waals surface area (Å²) in [5.74, 6) is 11.5. The van der Waals surface area contributed by atoms with E-state index < -0.39 is 0 Å². The lowest BCUT2D eigenvalue weighted by atomic mass is 10.0. The van der Waals surface area contributed by atoms with Crippen molar-refractivity contribution >= 4 is 31.9 Å². The Morgan fingerprint density at radius 1 is 1.44 bits per heavy atom. The number of hydrazine groups is 1. The summed E-state index contributed by atoms with van der Waals surface area (Å²) in [6, 6.07) is 6.18. The average molecular weight is 346 g/mol. The van der Waals surface area contributed by atoms with Gasteiger partial charge in [0.25, 0.3) is 0 Å². The molecule has 4 heteroatoms. The molecule has 0 radical (unpaired) electrons. The van der Waals surface area contributed by atoms with Gasteiger partial charge in [0.05, 0.1) is 0 Å². The summed E-state index contributed by atoms with van der Waals surface area (Å²) in [6.07, 6.45) is 1.73. The van der Waals surface area contributed by atoms with Crippen LogP contribution in [0.15, 0.2) is 27.1 Å². The molecule has 0 saturated carbocycles. The molecular formula is C12H14Br2N2. The Bertz CT molecular complexity index is 407. The van der Waals surface area contributed by atoms with E-state index in [1.165, 1.54) is 0 Å². The summed E-state index contributed by atoms with van der Waals surface area (Å²) < 4.78 is 2.11. The van der Waals surface area contributed by atoms with Crippen molar-refractivity contribution in [3.8, 4) is 11.8 Å². The van der Waals surface area contributed by atoms with E-state index in [-0.39, 0.29) is 6.04 Å². The molecule has 86 valence electrons. The van der Waals surface area contributed by atoms with Crippen molar-refractivity contribution in [1.29, 1.82) is 0 Å². The van der Waals surface area contributed by atoms with Crippen molar-refractivity contribution in [1.82, 2.24) is 5.43 Å². The Morgan fingerprint density at radius 3 is 2.81 bits per heavy atom. The van der Waals surface area contributed by atoms with E-state index in [2.05, 4.69) is 55.2 Å². The van der Waals surface area contributed by atoms with Gasteiger partial charge in [0.2, 0.25) is 0 Å². The molecule has 3 N–H and O–H groups in total. The smallest absolute Gasteiger partial charge is 0.0480 e. The van der Waals surface area contributed by atoms with Crippen molar-refractivity contribution in [2.45, 2.75) is 25.8 Å². The Balaban J connectivity index is 2.84. The lowest BCUT2D eigenvalue weighted by molar-refractivity contribution is 0.522.